The van der Waals surface area contributed by atoms with E-state index in [0.717, 1.165) is 0 Å². The number of nitrogens with one attached hydrogen (secondary N) is 1. The SMILES string of the molecule is Nc1ccc(Cl)cc1NC(=O)Cn1ccnc1. The van der Waals surface area contributed by atoms with Crippen molar-refractivity contribution in [2.45, 2.75) is 6.54 Å². The maximum atomic E-state index is 11.7. The van der Waals surface area contributed by atoms with Gasteiger partial charge in [-0.2, -0.15) is 0 Å². The van der Waals surface area contributed by atoms with Gasteiger partial charge in [-0.15, -0.1) is 0 Å². The Morgan fingerprint density at radius 2 is 2.35 bits per heavy atom. The summed E-state index contributed by atoms with van der Waals surface area (Å²) < 4.78 is 1.66. The van der Waals surface area contributed by atoms with Crippen molar-refractivity contribution in [3.05, 3.63) is 41.9 Å². The zero-order valence-electron chi connectivity index (χ0n) is 8.93. The summed E-state index contributed by atoms with van der Waals surface area (Å²) in [6, 6.07) is 4.93. The third-order valence-electron chi connectivity index (χ3n) is 2.17. The molecule has 0 radical (unpaired) electrons. The molecule has 0 saturated heterocycles. The molecular formula is C11H11ClN4O. The zero-order valence-corrected chi connectivity index (χ0v) is 9.69. The van der Waals surface area contributed by atoms with Gasteiger partial charge < -0.3 is 15.6 Å². The molecule has 0 aliphatic rings. The largest absolute Gasteiger partial charge is 0.397 e. The highest BCUT2D eigenvalue weighted by Gasteiger charge is 2.06. The average Bonchev–Trinajstić information content (AvgIpc) is 2.76. The Kier molecular flexibility index (Phi) is 3.30. The molecule has 6 heteroatoms. The first kappa shape index (κ1) is 11.5. The van der Waals surface area contributed by atoms with E-state index in [2.05, 4.69) is 10.3 Å². The molecule has 1 aromatic heterocycles. The summed E-state index contributed by atoms with van der Waals surface area (Å²) in [5, 5.41) is 3.22. The average molecular weight is 251 g/mol. The number of rotatable bonds is 3. The summed E-state index contributed by atoms with van der Waals surface area (Å²) in [7, 11) is 0. The van der Waals surface area contributed by atoms with E-state index in [4.69, 9.17) is 17.3 Å². The lowest BCUT2D eigenvalue weighted by Gasteiger charge is -2.08. The second-order valence-electron chi connectivity index (χ2n) is 3.51. The Labute approximate surface area is 103 Å². The third kappa shape index (κ3) is 2.98. The van der Waals surface area contributed by atoms with Gasteiger partial charge in [0.1, 0.15) is 6.54 Å². The second kappa shape index (κ2) is 4.88. The summed E-state index contributed by atoms with van der Waals surface area (Å²) >= 11 is 5.82. The third-order valence-corrected chi connectivity index (χ3v) is 2.41. The van der Waals surface area contributed by atoms with E-state index in [9.17, 15) is 4.79 Å². The van der Waals surface area contributed by atoms with Crippen molar-refractivity contribution in [2.24, 2.45) is 0 Å². The lowest BCUT2D eigenvalue weighted by atomic mass is 10.2. The van der Waals surface area contributed by atoms with Crippen LogP contribution in [0.5, 0.6) is 0 Å². The molecule has 2 aromatic rings. The molecule has 0 aliphatic carbocycles. The fourth-order valence-corrected chi connectivity index (χ4v) is 1.54. The minimum atomic E-state index is -0.183. The molecule has 88 valence electrons. The standard InChI is InChI=1S/C11H11ClN4O/c12-8-1-2-9(13)10(5-8)15-11(17)6-16-4-3-14-7-16/h1-5,7H,6,13H2,(H,15,17). The van der Waals surface area contributed by atoms with Crippen LogP contribution in [0.1, 0.15) is 0 Å². The van der Waals surface area contributed by atoms with Crippen LogP contribution in [0, 0.1) is 0 Å². The predicted octanol–water partition coefficient (Wildman–Crippen LogP) is 1.76. The number of benzene rings is 1. The number of imidazole rings is 1. The normalized spacial score (nSPS) is 10.2. The van der Waals surface area contributed by atoms with Gasteiger partial charge in [0, 0.05) is 17.4 Å². The van der Waals surface area contributed by atoms with Crippen LogP contribution in [-0.4, -0.2) is 15.5 Å². The number of amides is 1. The first-order valence-electron chi connectivity index (χ1n) is 4.96. The van der Waals surface area contributed by atoms with Crippen LogP contribution < -0.4 is 11.1 Å². The van der Waals surface area contributed by atoms with Crippen molar-refractivity contribution >= 4 is 28.9 Å². The Morgan fingerprint density at radius 3 is 3.06 bits per heavy atom. The molecule has 0 fully saturated rings. The Bertz CT molecular complexity index is 524. The van der Waals surface area contributed by atoms with Crippen LogP contribution in [0.3, 0.4) is 0 Å². The van der Waals surface area contributed by atoms with Gasteiger partial charge in [-0.1, -0.05) is 11.6 Å². The van der Waals surface area contributed by atoms with Crippen molar-refractivity contribution < 1.29 is 4.79 Å². The van der Waals surface area contributed by atoms with Crippen molar-refractivity contribution in [1.29, 1.82) is 0 Å². The van der Waals surface area contributed by atoms with Gasteiger partial charge in [0.2, 0.25) is 5.91 Å². The number of hydrogen-bond donors (Lipinski definition) is 2. The minimum Gasteiger partial charge on any atom is -0.397 e. The number of nitrogens with two attached hydrogens (primary N) is 1. The van der Waals surface area contributed by atoms with E-state index in [-0.39, 0.29) is 12.5 Å². The summed E-state index contributed by atoms with van der Waals surface area (Å²) in [6.07, 6.45) is 4.89. The first-order chi connectivity index (χ1) is 8.15. The number of aromatic nitrogens is 2. The molecule has 3 N–H and O–H groups in total. The van der Waals surface area contributed by atoms with Gasteiger partial charge >= 0.3 is 0 Å². The topological polar surface area (TPSA) is 72.9 Å². The smallest absolute Gasteiger partial charge is 0.244 e. The van der Waals surface area contributed by atoms with Gasteiger partial charge in [0.25, 0.3) is 0 Å². The van der Waals surface area contributed by atoms with Crippen molar-refractivity contribution in [1.82, 2.24) is 9.55 Å². The second-order valence-corrected chi connectivity index (χ2v) is 3.95. The molecule has 0 aliphatic heterocycles. The van der Waals surface area contributed by atoms with E-state index >= 15 is 0 Å². The van der Waals surface area contributed by atoms with E-state index in [1.807, 2.05) is 0 Å². The molecule has 0 unspecified atom stereocenters. The van der Waals surface area contributed by atoms with Crippen LogP contribution >= 0.6 is 11.6 Å². The van der Waals surface area contributed by atoms with Gasteiger partial charge in [0.05, 0.1) is 17.7 Å². The summed E-state index contributed by atoms with van der Waals surface area (Å²) in [4.78, 5) is 15.5. The highest BCUT2D eigenvalue weighted by atomic mass is 35.5. The van der Waals surface area contributed by atoms with E-state index in [1.165, 1.54) is 0 Å². The van der Waals surface area contributed by atoms with Crippen LogP contribution in [0.25, 0.3) is 0 Å². The number of halogens is 1. The summed E-state index contributed by atoms with van der Waals surface area (Å²) in [5.41, 5.74) is 6.71. The molecule has 0 spiro atoms. The number of anilines is 2. The maximum absolute atomic E-state index is 11.7. The first-order valence-corrected chi connectivity index (χ1v) is 5.33. The summed E-state index contributed by atoms with van der Waals surface area (Å²) in [5.74, 6) is -0.183. The molecule has 17 heavy (non-hydrogen) atoms. The number of nitrogen functional groups attached to an aromatic ring is 1. The molecule has 2 rings (SSSR count). The molecule has 0 bridgehead atoms. The van der Waals surface area contributed by atoms with Gasteiger partial charge in [-0.05, 0) is 18.2 Å². The maximum Gasteiger partial charge on any atom is 0.244 e. The Morgan fingerprint density at radius 1 is 1.53 bits per heavy atom. The van der Waals surface area contributed by atoms with Gasteiger partial charge in [-0.25, -0.2) is 4.98 Å². The van der Waals surface area contributed by atoms with Crippen molar-refractivity contribution in [3.8, 4) is 0 Å². The van der Waals surface area contributed by atoms with Gasteiger partial charge in [0.15, 0.2) is 0 Å². The molecule has 1 amide bonds. The number of carbonyl (C=O) groups is 1. The van der Waals surface area contributed by atoms with Crippen LogP contribution in [-0.2, 0) is 11.3 Å². The zero-order chi connectivity index (χ0) is 12.3. The molecule has 1 heterocycles. The molecule has 1 aromatic carbocycles. The van der Waals surface area contributed by atoms with Crippen molar-refractivity contribution in [3.63, 3.8) is 0 Å². The molecular weight excluding hydrogens is 240 g/mol. The van der Waals surface area contributed by atoms with Crippen molar-refractivity contribution in [2.75, 3.05) is 11.1 Å². The Balaban J connectivity index is 2.05. The fraction of sp³-hybridized carbons (Fsp3) is 0.0909. The highest BCUT2D eigenvalue weighted by molar-refractivity contribution is 6.31. The van der Waals surface area contributed by atoms with E-state index in [0.29, 0.717) is 16.4 Å². The predicted molar refractivity (Wildman–Crippen MR) is 66.7 cm³/mol. The van der Waals surface area contributed by atoms with E-state index < -0.39 is 0 Å². The summed E-state index contributed by atoms with van der Waals surface area (Å²) in [6.45, 7) is 0.186. The van der Waals surface area contributed by atoms with Crippen LogP contribution in [0.15, 0.2) is 36.9 Å². The molecule has 0 saturated carbocycles. The fourth-order valence-electron chi connectivity index (χ4n) is 1.37. The van der Waals surface area contributed by atoms with Crippen LogP contribution in [0.2, 0.25) is 5.02 Å². The number of carbonyl (C=O) groups excluding carboxylic acids is 1. The van der Waals surface area contributed by atoms with E-state index in [1.54, 1.807) is 41.5 Å². The highest BCUT2D eigenvalue weighted by Crippen LogP contribution is 2.22. The molecule has 0 atom stereocenters. The van der Waals surface area contributed by atoms with Gasteiger partial charge in [-0.3, -0.25) is 4.79 Å². The number of hydrogen-bond acceptors (Lipinski definition) is 3. The molecule has 5 nitrogen and oxygen atoms in total. The lowest BCUT2D eigenvalue weighted by Crippen LogP contribution is -2.18. The monoisotopic (exact) mass is 250 g/mol. The Hall–Kier alpha value is -2.01. The quantitative estimate of drug-likeness (QED) is 0.816. The minimum absolute atomic E-state index is 0.183. The number of nitrogens with zero attached hydrogens (tertiary/aromatic N) is 2. The lowest BCUT2D eigenvalue weighted by molar-refractivity contribution is -0.116. The van der Waals surface area contributed by atoms with Crippen LogP contribution in [0.4, 0.5) is 11.4 Å².